The summed E-state index contributed by atoms with van der Waals surface area (Å²) in [5.74, 6) is -0.0134. The van der Waals surface area contributed by atoms with Crippen LogP contribution in [0.3, 0.4) is 0 Å². The number of allylic oxidation sites excluding steroid dienone is 1. The first kappa shape index (κ1) is 16.5. The molecular formula is C16H17BrN2O3S. The van der Waals surface area contributed by atoms with Crippen molar-refractivity contribution >= 4 is 33.4 Å². The Morgan fingerprint density at radius 3 is 2.83 bits per heavy atom. The maximum atomic E-state index is 12.0. The number of fused-ring (bicyclic) bond motifs is 1. The Labute approximate surface area is 146 Å². The molecule has 7 heteroatoms. The van der Waals surface area contributed by atoms with Crippen LogP contribution in [0.2, 0.25) is 0 Å². The van der Waals surface area contributed by atoms with Crippen LogP contribution in [-0.4, -0.2) is 16.3 Å². The van der Waals surface area contributed by atoms with Crippen LogP contribution in [0.25, 0.3) is 5.70 Å². The monoisotopic (exact) mass is 396 g/mol. The first-order valence-corrected chi connectivity index (χ1v) is 9.10. The molecule has 0 radical (unpaired) electrons. The molecule has 3 rings (SSSR count). The predicted molar refractivity (Wildman–Crippen MR) is 94.1 cm³/mol. The number of thioether (sulfide) groups is 1. The lowest BCUT2D eigenvalue weighted by Crippen LogP contribution is -2.35. The molecule has 0 N–H and O–H groups in total. The fourth-order valence-electron chi connectivity index (χ4n) is 2.45. The molecule has 2 heterocycles. The van der Waals surface area contributed by atoms with Crippen molar-refractivity contribution in [1.82, 2.24) is 9.72 Å². The Bertz CT molecular complexity index is 781. The molecule has 0 fully saturated rings. The Kier molecular flexibility index (Phi) is 4.79. The van der Waals surface area contributed by atoms with Crippen molar-refractivity contribution in [2.75, 3.05) is 6.61 Å². The molecule has 1 unspecified atom stereocenters. The standard InChI is InChI=1S/C16H17BrN2O3S/c1-3-4-9-21-16(12-5-7-13(17)8-6-12)14-18-22-15(20)19(14)11(2)10-23-16/h5-8,10H,3-4,9H2,1-2H3. The minimum absolute atomic E-state index is 0.478. The van der Waals surface area contributed by atoms with Gasteiger partial charge in [-0.15, -0.1) is 0 Å². The third-order valence-corrected chi connectivity index (χ3v) is 5.53. The minimum atomic E-state index is -0.873. The van der Waals surface area contributed by atoms with Crippen LogP contribution in [0.4, 0.5) is 0 Å². The molecule has 122 valence electrons. The molecule has 0 aliphatic carbocycles. The molecule has 0 saturated heterocycles. The predicted octanol–water partition coefficient (Wildman–Crippen LogP) is 4.18. The van der Waals surface area contributed by atoms with Gasteiger partial charge in [-0.25, -0.2) is 9.36 Å². The minimum Gasteiger partial charge on any atom is -0.352 e. The number of rotatable bonds is 5. The molecule has 0 saturated carbocycles. The van der Waals surface area contributed by atoms with E-state index in [2.05, 4.69) is 28.0 Å². The number of unbranched alkanes of at least 4 members (excludes halogenated alkanes) is 1. The van der Waals surface area contributed by atoms with Crippen LogP contribution in [0.1, 0.15) is 38.1 Å². The van der Waals surface area contributed by atoms with E-state index in [1.165, 1.54) is 16.3 Å². The topological polar surface area (TPSA) is 57.3 Å². The fraction of sp³-hybridized carbons (Fsp3) is 0.375. The van der Waals surface area contributed by atoms with Gasteiger partial charge in [-0.2, -0.15) is 0 Å². The first-order valence-electron chi connectivity index (χ1n) is 7.42. The molecule has 0 bridgehead atoms. The van der Waals surface area contributed by atoms with Gasteiger partial charge < -0.3 is 4.74 Å². The van der Waals surface area contributed by atoms with Gasteiger partial charge in [-0.1, -0.05) is 58.3 Å². The van der Waals surface area contributed by atoms with Gasteiger partial charge in [0.1, 0.15) is 0 Å². The zero-order valence-corrected chi connectivity index (χ0v) is 15.3. The average Bonchev–Trinajstić information content (AvgIpc) is 2.94. The second-order valence-electron chi connectivity index (χ2n) is 5.31. The largest absolute Gasteiger partial charge is 0.446 e. The summed E-state index contributed by atoms with van der Waals surface area (Å²) in [5, 5.41) is 5.93. The van der Waals surface area contributed by atoms with Crippen LogP contribution >= 0.6 is 27.7 Å². The molecule has 1 aromatic carbocycles. The van der Waals surface area contributed by atoms with Gasteiger partial charge in [0, 0.05) is 22.3 Å². The molecule has 1 aliphatic rings. The van der Waals surface area contributed by atoms with E-state index in [-0.39, 0.29) is 0 Å². The summed E-state index contributed by atoms with van der Waals surface area (Å²) < 4.78 is 13.6. The molecule has 1 atom stereocenters. The van der Waals surface area contributed by atoms with Crippen molar-refractivity contribution in [2.45, 2.75) is 31.6 Å². The molecule has 1 aromatic heterocycles. The molecular weight excluding hydrogens is 380 g/mol. The lowest BCUT2D eigenvalue weighted by Gasteiger charge is -2.34. The van der Waals surface area contributed by atoms with Gasteiger partial charge in [0.15, 0.2) is 0 Å². The number of nitrogens with zero attached hydrogens (tertiary/aromatic N) is 2. The fourth-order valence-corrected chi connectivity index (χ4v) is 3.81. The summed E-state index contributed by atoms with van der Waals surface area (Å²) in [6.07, 6.45) is 1.96. The highest BCUT2D eigenvalue weighted by molar-refractivity contribution is 9.10. The second kappa shape index (κ2) is 6.67. The smallest absolute Gasteiger partial charge is 0.352 e. The summed E-state index contributed by atoms with van der Waals surface area (Å²) in [6.45, 7) is 4.54. The number of aromatic nitrogens is 2. The van der Waals surface area contributed by atoms with E-state index >= 15 is 0 Å². The Hall–Kier alpha value is -1.31. The van der Waals surface area contributed by atoms with E-state index in [1.807, 2.05) is 36.6 Å². The lowest BCUT2D eigenvalue weighted by atomic mass is 10.1. The number of halogens is 1. The Balaban J connectivity index is 2.13. The molecule has 0 amide bonds. The average molecular weight is 397 g/mol. The van der Waals surface area contributed by atoms with Crippen molar-refractivity contribution in [1.29, 1.82) is 0 Å². The maximum absolute atomic E-state index is 12.0. The van der Waals surface area contributed by atoms with E-state index in [1.54, 1.807) is 0 Å². The van der Waals surface area contributed by atoms with Gasteiger partial charge >= 0.3 is 5.76 Å². The Morgan fingerprint density at radius 1 is 1.39 bits per heavy atom. The Morgan fingerprint density at radius 2 is 2.13 bits per heavy atom. The molecule has 2 aromatic rings. The zero-order chi connectivity index (χ0) is 16.4. The first-order chi connectivity index (χ1) is 11.1. The van der Waals surface area contributed by atoms with Crippen LogP contribution in [0.15, 0.2) is 43.5 Å². The number of hydrogen-bond donors (Lipinski definition) is 0. The van der Waals surface area contributed by atoms with E-state index in [0.29, 0.717) is 12.4 Å². The van der Waals surface area contributed by atoms with Crippen molar-refractivity contribution in [3.05, 3.63) is 56.1 Å². The number of benzene rings is 1. The number of ether oxygens (including phenoxy) is 1. The van der Waals surface area contributed by atoms with Gasteiger partial charge in [-0.05, 0) is 30.9 Å². The maximum Gasteiger partial charge on any atom is 0.446 e. The summed E-state index contributed by atoms with van der Waals surface area (Å²) >= 11 is 4.95. The second-order valence-corrected chi connectivity index (χ2v) is 7.27. The van der Waals surface area contributed by atoms with Gasteiger partial charge in [0.25, 0.3) is 0 Å². The SMILES string of the molecule is CCCCOC1(c2ccc(Br)cc2)SC=C(C)n2c1noc2=O. The lowest BCUT2D eigenvalue weighted by molar-refractivity contribution is 0.0416. The summed E-state index contributed by atoms with van der Waals surface area (Å²) in [4.78, 5) is 11.1. The van der Waals surface area contributed by atoms with E-state index in [0.717, 1.165) is 28.6 Å². The third-order valence-electron chi connectivity index (χ3n) is 3.67. The zero-order valence-electron chi connectivity index (χ0n) is 12.9. The van der Waals surface area contributed by atoms with Crippen LogP contribution < -0.4 is 5.76 Å². The van der Waals surface area contributed by atoms with Crippen molar-refractivity contribution in [3.63, 3.8) is 0 Å². The molecule has 1 aliphatic heterocycles. The summed E-state index contributed by atoms with van der Waals surface area (Å²) in [7, 11) is 0. The third kappa shape index (κ3) is 2.93. The highest BCUT2D eigenvalue weighted by atomic mass is 79.9. The van der Waals surface area contributed by atoms with E-state index in [4.69, 9.17) is 9.26 Å². The molecule has 0 spiro atoms. The van der Waals surface area contributed by atoms with Gasteiger partial charge in [-0.3, -0.25) is 4.52 Å². The highest BCUT2D eigenvalue weighted by Gasteiger charge is 2.44. The molecule has 5 nitrogen and oxygen atoms in total. The summed E-state index contributed by atoms with van der Waals surface area (Å²) in [5.41, 5.74) is 1.70. The van der Waals surface area contributed by atoms with Gasteiger partial charge in [0.2, 0.25) is 10.8 Å². The normalized spacial score (nSPS) is 20.2. The van der Waals surface area contributed by atoms with Crippen LogP contribution in [0, 0.1) is 0 Å². The summed E-state index contributed by atoms with van der Waals surface area (Å²) in [6, 6.07) is 7.85. The van der Waals surface area contributed by atoms with Crippen LogP contribution in [0.5, 0.6) is 0 Å². The van der Waals surface area contributed by atoms with Gasteiger partial charge in [0.05, 0.1) is 0 Å². The van der Waals surface area contributed by atoms with Crippen molar-refractivity contribution in [2.24, 2.45) is 0 Å². The van der Waals surface area contributed by atoms with E-state index < -0.39 is 10.7 Å². The van der Waals surface area contributed by atoms with Crippen molar-refractivity contribution in [3.8, 4) is 0 Å². The molecule has 23 heavy (non-hydrogen) atoms. The number of hydrogen-bond acceptors (Lipinski definition) is 5. The highest BCUT2D eigenvalue weighted by Crippen LogP contribution is 2.47. The van der Waals surface area contributed by atoms with Crippen molar-refractivity contribution < 1.29 is 9.26 Å². The van der Waals surface area contributed by atoms with E-state index in [9.17, 15) is 4.79 Å². The quantitative estimate of drug-likeness (QED) is 0.709. The van der Waals surface area contributed by atoms with Crippen LogP contribution in [-0.2, 0) is 9.67 Å².